The Kier molecular flexibility index (Phi) is 9.52. The molecule has 186 valence electrons. The molecule has 0 aromatic heterocycles. The van der Waals surface area contributed by atoms with E-state index < -0.39 is 10.0 Å². The fourth-order valence-electron chi connectivity index (χ4n) is 3.38. The van der Waals surface area contributed by atoms with Gasteiger partial charge in [0.1, 0.15) is 10.1 Å². The van der Waals surface area contributed by atoms with E-state index in [2.05, 4.69) is 5.32 Å². The van der Waals surface area contributed by atoms with Gasteiger partial charge in [-0.15, -0.1) is 0 Å². The molecule has 1 saturated heterocycles. The normalized spacial score (nSPS) is 17.1. The number of rotatable bonds is 8. The summed E-state index contributed by atoms with van der Waals surface area (Å²) < 4.78 is 4.39. The van der Waals surface area contributed by atoms with Gasteiger partial charge in [-0.2, -0.15) is 0 Å². The molecule has 2 aromatic rings. The van der Waals surface area contributed by atoms with Crippen LogP contribution < -0.4 is 10.1 Å². The van der Waals surface area contributed by atoms with Crippen LogP contribution in [0.1, 0.15) is 44.4 Å². The molecule has 10 heteroatoms. The predicted octanol–water partition coefficient (Wildman–Crippen LogP) is 6.89. The molecular weight excluding hydrogens is 547 g/mol. The largest absolute Gasteiger partial charge is 0.466 e. The topological polar surface area (TPSA) is 58.6 Å². The molecule has 0 radical (unpaired) electrons. The summed E-state index contributed by atoms with van der Waals surface area (Å²) in [6, 6.07) is 16.5. The molecule has 1 aliphatic heterocycles. The molecule has 0 bridgehead atoms. The summed E-state index contributed by atoms with van der Waals surface area (Å²) in [5, 5.41) is 2.61. The van der Waals surface area contributed by atoms with Crippen molar-refractivity contribution >= 4 is 81.0 Å². The summed E-state index contributed by atoms with van der Waals surface area (Å²) in [5.74, 6) is 0.128. The second kappa shape index (κ2) is 12.0. The van der Waals surface area contributed by atoms with E-state index in [1.54, 1.807) is 35.2 Å². The number of nitrogens with zero attached hydrogens (tertiary/aromatic N) is 1. The van der Waals surface area contributed by atoms with Gasteiger partial charge in [-0.25, -0.2) is 0 Å². The molecule has 5 nitrogen and oxygen atoms in total. The van der Waals surface area contributed by atoms with E-state index in [-0.39, 0.29) is 30.2 Å². The van der Waals surface area contributed by atoms with Gasteiger partial charge in [-0.3, -0.25) is 14.5 Å². The van der Waals surface area contributed by atoms with Gasteiger partial charge in [0.2, 0.25) is 15.9 Å². The molecule has 0 aliphatic carbocycles. The number of nitrogens with one attached hydrogen (secondary N) is 1. The van der Waals surface area contributed by atoms with Gasteiger partial charge in [0, 0.05) is 6.42 Å². The number of hydrogen-bond acceptors (Lipinski definition) is 5. The third kappa shape index (κ3) is 7.61. The van der Waals surface area contributed by atoms with E-state index in [0.717, 1.165) is 11.1 Å². The van der Waals surface area contributed by atoms with Crippen LogP contribution in [0.5, 0.6) is 5.75 Å². The Morgan fingerprint density at radius 1 is 1.11 bits per heavy atom. The van der Waals surface area contributed by atoms with Crippen LogP contribution in [0.3, 0.4) is 0 Å². The van der Waals surface area contributed by atoms with Crippen LogP contribution in [0.25, 0.3) is 6.08 Å². The number of hydrogen-bond donors (Lipinski definition) is 1. The van der Waals surface area contributed by atoms with Crippen molar-refractivity contribution in [1.29, 1.82) is 0 Å². The second-order valence-electron chi connectivity index (χ2n) is 8.41. The number of alkyl halides is 3. The minimum atomic E-state index is -1.87. The average Bonchev–Trinajstić information content (AvgIpc) is 3.06. The number of halogens is 3. The molecule has 0 saturated carbocycles. The summed E-state index contributed by atoms with van der Waals surface area (Å²) in [6.45, 7) is 5.79. The molecule has 2 aromatic carbocycles. The molecule has 2 amide bonds. The van der Waals surface area contributed by atoms with E-state index in [0.29, 0.717) is 15.0 Å². The molecule has 1 aliphatic rings. The van der Waals surface area contributed by atoms with Gasteiger partial charge >= 0.3 is 0 Å². The van der Waals surface area contributed by atoms with Crippen LogP contribution >= 0.6 is 58.8 Å². The number of carbonyl (C=O) groups excluding carboxylic acids is 2. The zero-order valence-corrected chi connectivity index (χ0v) is 23.2. The lowest BCUT2D eigenvalue weighted by atomic mass is 10.1. The average molecular weight is 572 g/mol. The molecule has 1 heterocycles. The number of ether oxygens (including phenoxy) is 1. The molecule has 1 N–H and O–H groups in total. The van der Waals surface area contributed by atoms with Crippen LogP contribution in [-0.2, 0) is 9.59 Å². The van der Waals surface area contributed by atoms with Gasteiger partial charge in [-0.05, 0) is 42.2 Å². The first kappa shape index (κ1) is 27.8. The Labute approximate surface area is 230 Å². The minimum absolute atomic E-state index is 0.138. The first-order valence-corrected chi connectivity index (χ1v) is 13.3. The maximum Gasteiger partial charge on any atom is 0.266 e. The second-order valence-corrected chi connectivity index (χ2v) is 12.5. The van der Waals surface area contributed by atoms with Gasteiger partial charge in [0.15, 0.2) is 0 Å². The summed E-state index contributed by atoms with van der Waals surface area (Å²) in [5.41, 5.74) is 1.79. The van der Waals surface area contributed by atoms with Crippen molar-refractivity contribution in [2.45, 2.75) is 43.3 Å². The van der Waals surface area contributed by atoms with Gasteiger partial charge in [0.05, 0.1) is 10.9 Å². The standard InChI is InChI=1S/C25H25Cl3N2O3S2/c1-15(2)13-21(31)29-23(25(26,27)28)33-19-11-9-17(10-12-19)14-20-22(32)30(24(34)35-20)16(3)18-7-5-4-6-8-18/h4-12,14-16,23H,13H2,1-3H3,(H,29,31)/b20-14-/t16-,23+/m0/s1. The maximum absolute atomic E-state index is 13.1. The number of thiocarbonyl (C=S) groups is 1. The number of benzene rings is 2. The molecule has 3 rings (SSSR count). The van der Waals surface area contributed by atoms with Crippen LogP contribution in [0.2, 0.25) is 0 Å². The van der Waals surface area contributed by atoms with Gasteiger partial charge in [-0.1, -0.05) is 115 Å². The first-order valence-electron chi connectivity index (χ1n) is 10.9. The Hall–Kier alpha value is -1.77. The van der Waals surface area contributed by atoms with Crippen molar-refractivity contribution in [3.05, 3.63) is 70.6 Å². The van der Waals surface area contributed by atoms with Crippen LogP contribution in [-0.4, -0.2) is 31.1 Å². The molecule has 0 spiro atoms. The van der Waals surface area contributed by atoms with Gasteiger partial charge < -0.3 is 10.1 Å². The van der Waals surface area contributed by atoms with E-state index in [1.165, 1.54) is 11.8 Å². The molecule has 35 heavy (non-hydrogen) atoms. The number of amides is 2. The monoisotopic (exact) mass is 570 g/mol. The fourth-order valence-corrected chi connectivity index (χ4v) is 5.09. The highest BCUT2D eigenvalue weighted by atomic mass is 35.6. The third-order valence-electron chi connectivity index (χ3n) is 5.11. The van der Waals surface area contributed by atoms with Crippen molar-refractivity contribution in [1.82, 2.24) is 10.2 Å². The van der Waals surface area contributed by atoms with Crippen LogP contribution in [0.15, 0.2) is 59.5 Å². The van der Waals surface area contributed by atoms with E-state index in [9.17, 15) is 9.59 Å². The molecule has 2 atom stereocenters. The lowest BCUT2D eigenvalue weighted by Crippen LogP contribution is -2.48. The van der Waals surface area contributed by atoms with Crippen molar-refractivity contribution in [3.8, 4) is 5.75 Å². The van der Waals surface area contributed by atoms with Crippen LogP contribution in [0, 0.1) is 5.92 Å². The summed E-state index contributed by atoms with van der Waals surface area (Å²) in [4.78, 5) is 27.4. The summed E-state index contributed by atoms with van der Waals surface area (Å²) in [6.07, 6.45) is 0.887. The molecule has 0 unspecified atom stereocenters. The Morgan fingerprint density at radius 2 is 1.74 bits per heavy atom. The van der Waals surface area contributed by atoms with E-state index >= 15 is 0 Å². The highest BCUT2D eigenvalue weighted by molar-refractivity contribution is 8.26. The van der Waals surface area contributed by atoms with E-state index in [1.807, 2.05) is 51.1 Å². The van der Waals surface area contributed by atoms with Crippen molar-refractivity contribution in [2.75, 3.05) is 0 Å². The third-order valence-corrected chi connectivity index (χ3v) is 7.03. The maximum atomic E-state index is 13.1. The Balaban J connectivity index is 1.71. The predicted molar refractivity (Wildman–Crippen MR) is 149 cm³/mol. The van der Waals surface area contributed by atoms with Crippen LogP contribution in [0.4, 0.5) is 0 Å². The highest BCUT2D eigenvalue weighted by Crippen LogP contribution is 2.38. The minimum Gasteiger partial charge on any atom is -0.466 e. The Bertz CT molecular complexity index is 1100. The lowest BCUT2D eigenvalue weighted by Gasteiger charge is -2.26. The highest BCUT2D eigenvalue weighted by Gasteiger charge is 2.37. The zero-order valence-electron chi connectivity index (χ0n) is 19.3. The Morgan fingerprint density at radius 3 is 2.31 bits per heavy atom. The molecular formula is C25H25Cl3N2O3S2. The fraction of sp³-hybridized carbons (Fsp3) is 0.320. The van der Waals surface area contributed by atoms with Crippen molar-refractivity contribution < 1.29 is 14.3 Å². The molecule has 1 fully saturated rings. The number of thioether (sulfide) groups is 1. The zero-order chi connectivity index (χ0) is 25.8. The quantitative estimate of drug-likeness (QED) is 0.162. The summed E-state index contributed by atoms with van der Waals surface area (Å²) in [7, 11) is 0. The lowest BCUT2D eigenvalue weighted by molar-refractivity contribution is -0.124. The van der Waals surface area contributed by atoms with Gasteiger partial charge in [0.25, 0.3) is 5.91 Å². The first-order chi connectivity index (χ1) is 16.5. The smallest absolute Gasteiger partial charge is 0.266 e. The van der Waals surface area contributed by atoms with Crippen molar-refractivity contribution in [3.63, 3.8) is 0 Å². The van der Waals surface area contributed by atoms with E-state index in [4.69, 9.17) is 51.8 Å². The SMILES string of the molecule is CC(C)CC(=O)N[C@H](Oc1ccc(/C=C2\SC(=S)N([C@@H](C)c3ccccc3)C2=O)cc1)C(Cl)(Cl)Cl. The van der Waals surface area contributed by atoms with Crippen molar-refractivity contribution in [2.24, 2.45) is 5.92 Å². The summed E-state index contributed by atoms with van der Waals surface area (Å²) >= 11 is 24.8. The number of carbonyl (C=O) groups is 2.